The Labute approximate surface area is 131 Å². The fraction of sp³-hybridized carbons (Fsp3) is 0.250. The van der Waals surface area contributed by atoms with E-state index >= 15 is 0 Å². The molecule has 22 heavy (non-hydrogen) atoms. The fourth-order valence-electron chi connectivity index (χ4n) is 3.47. The summed E-state index contributed by atoms with van der Waals surface area (Å²) in [4.78, 5) is 14.6. The van der Waals surface area contributed by atoms with Gasteiger partial charge < -0.3 is 4.90 Å². The summed E-state index contributed by atoms with van der Waals surface area (Å²) in [5, 5.41) is 0. The van der Waals surface area contributed by atoms with E-state index in [1.807, 2.05) is 6.07 Å². The molecule has 2 nitrogen and oxygen atoms in total. The lowest BCUT2D eigenvalue weighted by Gasteiger charge is -2.41. The summed E-state index contributed by atoms with van der Waals surface area (Å²) in [6.07, 6.45) is 4.12. The fourth-order valence-corrected chi connectivity index (χ4v) is 3.47. The lowest BCUT2D eigenvalue weighted by atomic mass is 9.84. The molecule has 3 aliphatic heterocycles. The van der Waals surface area contributed by atoms with Crippen LogP contribution in [0.4, 0.5) is 0 Å². The number of benzene rings is 2. The summed E-state index contributed by atoms with van der Waals surface area (Å²) >= 11 is 0. The Kier molecular flexibility index (Phi) is 3.30. The summed E-state index contributed by atoms with van der Waals surface area (Å²) in [7, 11) is 0. The highest BCUT2D eigenvalue weighted by Gasteiger charge is 2.36. The first-order chi connectivity index (χ1) is 10.8. The average Bonchev–Trinajstić information content (AvgIpc) is 2.60. The Hall–Kier alpha value is -2.35. The highest BCUT2D eigenvalue weighted by Crippen LogP contribution is 2.32. The Morgan fingerprint density at radius 1 is 0.864 bits per heavy atom. The van der Waals surface area contributed by atoms with Crippen molar-refractivity contribution in [1.82, 2.24) is 4.90 Å². The zero-order valence-corrected chi connectivity index (χ0v) is 12.5. The molecule has 0 N–H and O–H groups in total. The van der Waals surface area contributed by atoms with Crippen molar-refractivity contribution in [2.75, 3.05) is 13.1 Å². The van der Waals surface area contributed by atoms with Crippen LogP contribution in [0.15, 0.2) is 60.3 Å². The predicted molar refractivity (Wildman–Crippen MR) is 89.2 cm³/mol. The highest BCUT2D eigenvalue weighted by molar-refractivity contribution is 6.01. The molecule has 0 unspecified atom stereocenters. The molecule has 110 valence electrons. The van der Waals surface area contributed by atoms with E-state index < -0.39 is 0 Å². The first-order valence-corrected chi connectivity index (χ1v) is 7.97. The van der Waals surface area contributed by atoms with E-state index in [0.717, 1.165) is 37.2 Å². The van der Waals surface area contributed by atoms with Crippen LogP contribution in [0.3, 0.4) is 0 Å². The number of rotatable bonds is 2. The molecule has 0 aromatic heterocycles. The van der Waals surface area contributed by atoms with Gasteiger partial charge in [-0.15, -0.1) is 0 Å². The number of ketones is 1. The molecule has 0 atom stereocenters. The van der Waals surface area contributed by atoms with Gasteiger partial charge in [0, 0.05) is 19.0 Å². The molecular weight excluding hydrogens is 270 g/mol. The number of nitrogens with zero attached hydrogens (tertiary/aromatic N) is 1. The number of allylic oxidation sites excluding steroid dienone is 1. The van der Waals surface area contributed by atoms with Crippen LogP contribution in [0, 0.1) is 5.92 Å². The monoisotopic (exact) mass is 289 g/mol. The topological polar surface area (TPSA) is 20.3 Å². The first kappa shape index (κ1) is 13.3. The molecule has 3 saturated heterocycles. The highest BCUT2D eigenvalue weighted by atomic mass is 16.1. The maximum atomic E-state index is 12.4. The molecule has 3 fully saturated rings. The third-order valence-corrected chi connectivity index (χ3v) is 4.78. The molecule has 0 aliphatic carbocycles. The van der Waals surface area contributed by atoms with Crippen LogP contribution in [-0.2, 0) is 4.79 Å². The van der Waals surface area contributed by atoms with Crippen LogP contribution in [0.5, 0.6) is 0 Å². The van der Waals surface area contributed by atoms with Gasteiger partial charge in [-0.2, -0.15) is 0 Å². The van der Waals surface area contributed by atoms with Crippen LogP contribution >= 0.6 is 0 Å². The number of hydrogen-bond donors (Lipinski definition) is 0. The van der Waals surface area contributed by atoms with Crippen molar-refractivity contribution < 1.29 is 4.79 Å². The van der Waals surface area contributed by atoms with Gasteiger partial charge in [-0.1, -0.05) is 54.6 Å². The maximum absolute atomic E-state index is 12.4. The largest absolute Gasteiger partial charge is 0.369 e. The first-order valence-electron chi connectivity index (χ1n) is 7.97. The molecular formula is C20H19NO. The molecule has 0 radical (unpaired) electrons. The van der Waals surface area contributed by atoms with Crippen LogP contribution in [0.2, 0.25) is 0 Å². The number of Topliss-reactive ketones (excluding diaryl/α,β-unsaturated/α-hetero) is 1. The van der Waals surface area contributed by atoms with Crippen molar-refractivity contribution in [2.24, 2.45) is 5.92 Å². The number of carbonyl (C=O) groups is 1. The predicted octanol–water partition coefficient (Wildman–Crippen LogP) is 3.99. The van der Waals surface area contributed by atoms with Crippen molar-refractivity contribution in [3.63, 3.8) is 0 Å². The summed E-state index contributed by atoms with van der Waals surface area (Å²) < 4.78 is 0. The molecule has 3 aliphatic rings. The van der Waals surface area contributed by atoms with Gasteiger partial charge in [-0.05, 0) is 35.6 Å². The second kappa shape index (κ2) is 5.45. The summed E-state index contributed by atoms with van der Waals surface area (Å²) in [6.45, 7) is 2.06. The summed E-state index contributed by atoms with van der Waals surface area (Å²) in [6, 6.07) is 18.8. The number of fused-ring (bicyclic) bond motifs is 3. The van der Waals surface area contributed by atoms with Gasteiger partial charge >= 0.3 is 0 Å². The van der Waals surface area contributed by atoms with Gasteiger partial charge in [0.1, 0.15) is 0 Å². The lowest BCUT2D eigenvalue weighted by molar-refractivity contribution is -0.125. The van der Waals surface area contributed by atoms with Crippen LogP contribution in [-0.4, -0.2) is 23.8 Å². The Balaban J connectivity index is 1.61. The van der Waals surface area contributed by atoms with Gasteiger partial charge in [0.05, 0.1) is 5.70 Å². The normalized spacial score (nSPS) is 19.9. The molecule has 5 rings (SSSR count). The van der Waals surface area contributed by atoms with E-state index in [2.05, 4.69) is 59.5 Å². The van der Waals surface area contributed by atoms with E-state index in [1.54, 1.807) is 0 Å². The minimum atomic E-state index is 0.264. The van der Waals surface area contributed by atoms with E-state index in [4.69, 9.17) is 0 Å². The Bertz CT molecular complexity index is 707. The second-order valence-corrected chi connectivity index (χ2v) is 6.14. The number of hydrogen-bond acceptors (Lipinski definition) is 2. The van der Waals surface area contributed by atoms with E-state index in [-0.39, 0.29) is 5.92 Å². The standard InChI is InChI=1S/C20H19NO/c22-20-18-10-12-21(13-11-18)19(20)14-15-6-8-17(9-7-15)16-4-2-1-3-5-16/h1-9,14,18H,10-13H2. The molecule has 2 aromatic carbocycles. The molecule has 2 aromatic rings. The molecule has 2 bridgehead atoms. The third-order valence-electron chi connectivity index (χ3n) is 4.78. The maximum Gasteiger partial charge on any atom is 0.182 e. The van der Waals surface area contributed by atoms with E-state index in [1.165, 1.54) is 11.1 Å². The van der Waals surface area contributed by atoms with Crippen LogP contribution < -0.4 is 0 Å². The lowest BCUT2D eigenvalue weighted by Crippen LogP contribution is -2.45. The van der Waals surface area contributed by atoms with E-state index in [0.29, 0.717) is 5.78 Å². The number of piperidine rings is 3. The number of carbonyl (C=O) groups excluding carboxylic acids is 1. The van der Waals surface area contributed by atoms with Gasteiger partial charge in [0.25, 0.3) is 0 Å². The van der Waals surface area contributed by atoms with Crippen molar-refractivity contribution >= 4 is 11.9 Å². The average molecular weight is 289 g/mol. The Morgan fingerprint density at radius 3 is 2.14 bits per heavy atom. The van der Waals surface area contributed by atoms with Crippen molar-refractivity contribution in [1.29, 1.82) is 0 Å². The van der Waals surface area contributed by atoms with Crippen molar-refractivity contribution in [3.05, 3.63) is 65.9 Å². The molecule has 0 saturated carbocycles. The van der Waals surface area contributed by atoms with Crippen LogP contribution in [0.1, 0.15) is 18.4 Å². The second-order valence-electron chi connectivity index (χ2n) is 6.14. The van der Waals surface area contributed by atoms with Crippen molar-refractivity contribution in [3.8, 4) is 11.1 Å². The zero-order valence-electron chi connectivity index (χ0n) is 12.5. The zero-order chi connectivity index (χ0) is 14.9. The van der Waals surface area contributed by atoms with Gasteiger partial charge in [-0.25, -0.2) is 0 Å². The van der Waals surface area contributed by atoms with E-state index in [9.17, 15) is 4.79 Å². The van der Waals surface area contributed by atoms with Crippen LogP contribution in [0.25, 0.3) is 17.2 Å². The molecule has 3 heterocycles. The summed E-state index contributed by atoms with van der Waals surface area (Å²) in [5.74, 6) is 0.601. The quantitative estimate of drug-likeness (QED) is 0.779. The van der Waals surface area contributed by atoms with Gasteiger partial charge in [-0.3, -0.25) is 4.79 Å². The Morgan fingerprint density at radius 2 is 1.50 bits per heavy atom. The smallest absolute Gasteiger partial charge is 0.182 e. The third kappa shape index (κ3) is 2.35. The minimum Gasteiger partial charge on any atom is -0.369 e. The SMILES string of the molecule is O=C1C(=Cc2ccc(-c3ccccc3)cc2)N2CCC1CC2. The van der Waals surface area contributed by atoms with Gasteiger partial charge in [0.2, 0.25) is 0 Å². The minimum absolute atomic E-state index is 0.264. The molecule has 0 amide bonds. The van der Waals surface area contributed by atoms with Gasteiger partial charge in [0.15, 0.2) is 5.78 Å². The molecule has 2 heteroatoms. The van der Waals surface area contributed by atoms with Crippen molar-refractivity contribution in [2.45, 2.75) is 12.8 Å². The molecule has 0 spiro atoms. The summed E-state index contributed by atoms with van der Waals surface area (Å²) in [5.41, 5.74) is 4.45.